The van der Waals surface area contributed by atoms with E-state index in [2.05, 4.69) is 5.32 Å². The zero-order chi connectivity index (χ0) is 21.8. The number of hydrogen-bond acceptors (Lipinski definition) is 4. The number of benzene rings is 2. The summed E-state index contributed by atoms with van der Waals surface area (Å²) in [5.41, 5.74) is 2.49. The van der Waals surface area contributed by atoms with Crippen molar-refractivity contribution in [2.24, 2.45) is 0 Å². The highest BCUT2D eigenvalue weighted by atomic mass is 35.5. The number of anilines is 1. The summed E-state index contributed by atoms with van der Waals surface area (Å²) in [4.78, 5) is 27.0. The molecule has 1 aliphatic heterocycles. The molecule has 1 aliphatic rings. The number of thioether (sulfide) groups is 1. The topological polar surface area (TPSA) is 49.4 Å². The smallest absolute Gasteiger partial charge is 0.266 e. The number of nitrogens with one attached hydrogen (secondary N) is 1. The van der Waals surface area contributed by atoms with Gasteiger partial charge in [-0.15, -0.1) is 0 Å². The van der Waals surface area contributed by atoms with Gasteiger partial charge < -0.3 is 5.32 Å². The number of rotatable bonds is 6. The molecule has 0 unspecified atom stereocenters. The number of hydrogen-bond donors (Lipinski definition) is 1. The third-order valence-corrected chi connectivity index (χ3v) is 6.73. The fourth-order valence-corrected chi connectivity index (χ4v) is 4.64. The van der Waals surface area contributed by atoms with Gasteiger partial charge in [0.2, 0.25) is 5.91 Å². The summed E-state index contributed by atoms with van der Waals surface area (Å²) in [7, 11) is 0. The maximum absolute atomic E-state index is 12.7. The lowest BCUT2D eigenvalue weighted by Gasteiger charge is -2.14. The average molecular weight is 500 g/mol. The van der Waals surface area contributed by atoms with Gasteiger partial charge in [0.25, 0.3) is 5.91 Å². The van der Waals surface area contributed by atoms with Crippen LogP contribution in [-0.2, 0) is 9.59 Å². The van der Waals surface area contributed by atoms with E-state index in [0.717, 1.165) is 11.1 Å². The van der Waals surface area contributed by atoms with E-state index in [-0.39, 0.29) is 18.2 Å². The van der Waals surface area contributed by atoms with Gasteiger partial charge in [-0.3, -0.25) is 14.5 Å². The number of nitrogens with zero attached hydrogens (tertiary/aromatic N) is 1. The fraction of sp³-hybridized carbons (Fsp3) is 0.190. The fourth-order valence-electron chi connectivity index (χ4n) is 2.74. The van der Waals surface area contributed by atoms with E-state index >= 15 is 0 Å². The Morgan fingerprint density at radius 2 is 1.80 bits per heavy atom. The van der Waals surface area contributed by atoms with Crippen LogP contribution in [0, 0.1) is 6.92 Å². The number of amides is 2. The molecule has 0 atom stereocenters. The summed E-state index contributed by atoms with van der Waals surface area (Å²) >= 11 is 24.5. The third kappa shape index (κ3) is 5.77. The first-order valence-electron chi connectivity index (χ1n) is 9.01. The highest BCUT2D eigenvalue weighted by Crippen LogP contribution is 2.34. The Balaban J connectivity index is 1.55. The normalized spacial score (nSPS) is 15.2. The number of halogens is 3. The van der Waals surface area contributed by atoms with Crippen molar-refractivity contribution in [2.45, 2.75) is 19.8 Å². The van der Waals surface area contributed by atoms with Gasteiger partial charge in [0, 0.05) is 13.0 Å². The molecular weight excluding hydrogens is 483 g/mol. The second kappa shape index (κ2) is 10.2. The number of carbonyl (C=O) groups is 2. The predicted octanol–water partition coefficient (Wildman–Crippen LogP) is 6.58. The summed E-state index contributed by atoms with van der Waals surface area (Å²) in [5, 5.41) is 3.62. The largest absolute Gasteiger partial charge is 0.325 e. The molecule has 0 saturated carbocycles. The molecule has 156 valence electrons. The van der Waals surface area contributed by atoms with E-state index in [1.54, 1.807) is 0 Å². The summed E-state index contributed by atoms with van der Waals surface area (Å²) < 4.78 is 0.492. The monoisotopic (exact) mass is 498 g/mol. The maximum Gasteiger partial charge on any atom is 0.266 e. The van der Waals surface area contributed by atoms with E-state index in [0.29, 0.717) is 42.9 Å². The van der Waals surface area contributed by atoms with Gasteiger partial charge in [-0.1, -0.05) is 88.6 Å². The van der Waals surface area contributed by atoms with E-state index < -0.39 is 0 Å². The standard InChI is InChI=1S/C21H17Cl3N2O2S2/c1-12-4-6-13(7-5-12)9-18-20(28)26(21(29)30-18)8-2-3-19(27)25-17-11-15(23)14(22)10-16(17)24/h4-7,9-11H,2-3,8H2,1H3,(H,25,27)/b18-9+. The van der Waals surface area contributed by atoms with E-state index in [1.165, 1.54) is 28.8 Å². The van der Waals surface area contributed by atoms with Gasteiger partial charge in [-0.05, 0) is 37.1 Å². The first-order chi connectivity index (χ1) is 14.2. The SMILES string of the molecule is Cc1ccc(/C=C2/SC(=S)N(CCCC(=O)Nc3cc(Cl)c(Cl)cc3Cl)C2=O)cc1. The molecule has 9 heteroatoms. The first kappa shape index (κ1) is 23.1. The zero-order valence-corrected chi connectivity index (χ0v) is 19.8. The molecule has 1 fully saturated rings. The lowest BCUT2D eigenvalue weighted by atomic mass is 10.1. The van der Waals surface area contributed by atoms with E-state index in [9.17, 15) is 9.59 Å². The Kier molecular flexibility index (Phi) is 7.82. The predicted molar refractivity (Wildman–Crippen MR) is 130 cm³/mol. The Morgan fingerprint density at radius 1 is 1.13 bits per heavy atom. The molecule has 0 aliphatic carbocycles. The van der Waals surface area contributed by atoms with Crippen LogP contribution in [0.1, 0.15) is 24.0 Å². The Bertz CT molecular complexity index is 1040. The minimum atomic E-state index is -0.240. The van der Waals surface area contributed by atoms with Crippen LogP contribution in [0.5, 0.6) is 0 Å². The number of aryl methyl sites for hydroxylation is 1. The van der Waals surface area contributed by atoms with Gasteiger partial charge >= 0.3 is 0 Å². The van der Waals surface area contributed by atoms with Crippen LogP contribution in [-0.4, -0.2) is 27.6 Å². The molecule has 0 spiro atoms. The van der Waals surface area contributed by atoms with Crippen LogP contribution in [0.4, 0.5) is 5.69 Å². The molecule has 0 bridgehead atoms. The minimum Gasteiger partial charge on any atom is -0.325 e. The molecule has 1 N–H and O–H groups in total. The van der Waals surface area contributed by atoms with Crippen LogP contribution in [0.2, 0.25) is 15.1 Å². The zero-order valence-electron chi connectivity index (χ0n) is 15.9. The van der Waals surface area contributed by atoms with Crippen LogP contribution < -0.4 is 5.32 Å². The molecule has 1 heterocycles. The lowest BCUT2D eigenvalue weighted by Crippen LogP contribution is -2.29. The maximum atomic E-state index is 12.7. The molecule has 2 aromatic rings. The molecule has 1 saturated heterocycles. The third-order valence-electron chi connectivity index (χ3n) is 4.32. The average Bonchev–Trinajstić information content (AvgIpc) is 2.95. The van der Waals surface area contributed by atoms with Gasteiger partial charge in [0.1, 0.15) is 4.32 Å². The molecular formula is C21H17Cl3N2O2S2. The Hall–Kier alpha value is -1.57. The Labute approximate surface area is 199 Å². The van der Waals surface area contributed by atoms with Crippen molar-refractivity contribution in [1.82, 2.24) is 4.90 Å². The van der Waals surface area contributed by atoms with Gasteiger partial charge in [-0.25, -0.2) is 0 Å². The summed E-state index contributed by atoms with van der Waals surface area (Å²) in [5.74, 6) is -0.380. The summed E-state index contributed by atoms with van der Waals surface area (Å²) in [6, 6.07) is 10.9. The van der Waals surface area contributed by atoms with E-state index in [1.807, 2.05) is 37.3 Å². The van der Waals surface area contributed by atoms with Crippen molar-refractivity contribution in [3.05, 3.63) is 67.5 Å². The first-order valence-corrected chi connectivity index (χ1v) is 11.4. The molecule has 30 heavy (non-hydrogen) atoms. The highest BCUT2D eigenvalue weighted by Gasteiger charge is 2.31. The van der Waals surface area contributed by atoms with E-state index in [4.69, 9.17) is 47.0 Å². The molecule has 3 rings (SSSR count). The lowest BCUT2D eigenvalue weighted by molar-refractivity contribution is -0.122. The van der Waals surface area contributed by atoms with Gasteiger partial charge in [0.15, 0.2) is 0 Å². The van der Waals surface area contributed by atoms with Crippen molar-refractivity contribution in [3.8, 4) is 0 Å². The molecule has 2 amide bonds. The summed E-state index contributed by atoms with van der Waals surface area (Å²) in [6.45, 7) is 2.37. The Morgan fingerprint density at radius 3 is 2.50 bits per heavy atom. The number of thiocarbonyl (C=S) groups is 1. The highest BCUT2D eigenvalue weighted by molar-refractivity contribution is 8.26. The second-order valence-corrected chi connectivity index (χ2v) is 9.54. The van der Waals surface area contributed by atoms with Crippen molar-refractivity contribution >= 4 is 86.7 Å². The minimum absolute atomic E-state index is 0.140. The van der Waals surface area contributed by atoms with Gasteiger partial charge in [0.05, 0.1) is 25.7 Å². The second-order valence-electron chi connectivity index (χ2n) is 6.64. The van der Waals surface area contributed by atoms with Crippen molar-refractivity contribution in [2.75, 3.05) is 11.9 Å². The van der Waals surface area contributed by atoms with Crippen molar-refractivity contribution in [1.29, 1.82) is 0 Å². The van der Waals surface area contributed by atoms with Crippen LogP contribution in [0.25, 0.3) is 6.08 Å². The molecule has 0 aromatic heterocycles. The quantitative estimate of drug-likeness (QED) is 0.277. The van der Waals surface area contributed by atoms with Crippen molar-refractivity contribution < 1.29 is 9.59 Å². The number of carbonyl (C=O) groups excluding carboxylic acids is 2. The van der Waals surface area contributed by atoms with Gasteiger partial charge in [-0.2, -0.15) is 0 Å². The van der Waals surface area contributed by atoms with Crippen molar-refractivity contribution in [3.63, 3.8) is 0 Å². The summed E-state index contributed by atoms with van der Waals surface area (Å²) in [6.07, 6.45) is 2.48. The van der Waals surface area contributed by atoms with Crippen LogP contribution >= 0.6 is 58.8 Å². The van der Waals surface area contributed by atoms with Crippen LogP contribution in [0.3, 0.4) is 0 Å². The molecule has 2 aromatic carbocycles. The van der Waals surface area contributed by atoms with Crippen LogP contribution in [0.15, 0.2) is 41.3 Å². The molecule has 4 nitrogen and oxygen atoms in total. The molecule has 0 radical (unpaired) electrons.